The predicted octanol–water partition coefficient (Wildman–Crippen LogP) is 4.63. The monoisotopic (exact) mass is 498 g/mol. The molecular formula is C28H30N6O3. The number of H-pyrrole nitrogens is 1. The number of aromatic amines is 1. The first-order valence-electron chi connectivity index (χ1n) is 12.3. The minimum atomic E-state index is -0.147. The Hall–Kier alpha value is -4.24. The van der Waals surface area contributed by atoms with E-state index in [1.807, 2.05) is 66.2 Å². The average Bonchev–Trinajstić information content (AvgIpc) is 3.58. The molecule has 3 aromatic heterocycles. The molecule has 0 saturated heterocycles. The highest BCUT2D eigenvalue weighted by Gasteiger charge is 2.27. The number of fused-ring (bicyclic) bond motifs is 1. The molecule has 0 fully saturated rings. The van der Waals surface area contributed by atoms with Gasteiger partial charge in [0.15, 0.2) is 5.82 Å². The second-order valence-corrected chi connectivity index (χ2v) is 9.17. The predicted molar refractivity (Wildman–Crippen MR) is 140 cm³/mol. The highest BCUT2D eigenvalue weighted by atomic mass is 16.5. The SMILES string of the molecule is CCC(c1nnnn1Cc1ccc(OC)cc1)N(Cc1ccco1)Cc1cc2cc(C)ccc2[nH]c1=O. The maximum Gasteiger partial charge on any atom is 0.252 e. The molecule has 1 N–H and O–H groups in total. The van der Waals surface area contributed by atoms with Gasteiger partial charge in [-0.25, -0.2) is 4.68 Å². The molecule has 9 heteroatoms. The quantitative estimate of drug-likeness (QED) is 0.300. The third-order valence-electron chi connectivity index (χ3n) is 6.57. The van der Waals surface area contributed by atoms with Crippen LogP contribution in [0.2, 0.25) is 0 Å². The summed E-state index contributed by atoms with van der Waals surface area (Å²) in [4.78, 5) is 18.3. The number of hydrogen-bond donors (Lipinski definition) is 1. The fraction of sp³-hybridized carbons (Fsp3) is 0.286. The molecule has 1 unspecified atom stereocenters. The molecule has 0 saturated carbocycles. The third-order valence-corrected chi connectivity index (χ3v) is 6.57. The van der Waals surface area contributed by atoms with E-state index < -0.39 is 0 Å². The van der Waals surface area contributed by atoms with E-state index in [1.165, 1.54) is 0 Å². The van der Waals surface area contributed by atoms with Crippen molar-refractivity contribution in [2.45, 2.75) is 45.9 Å². The lowest BCUT2D eigenvalue weighted by Crippen LogP contribution is -2.32. The number of aromatic nitrogens is 5. The van der Waals surface area contributed by atoms with Gasteiger partial charge in [-0.1, -0.05) is 30.7 Å². The van der Waals surface area contributed by atoms with Gasteiger partial charge < -0.3 is 14.1 Å². The number of methoxy groups -OCH3 is 1. The van der Waals surface area contributed by atoms with Crippen LogP contribution in [0.5, 0.6) is 5.75 Å². The van der Waals surface area contributed by atoms with E-state index in [1.54, 1.807) is 13.4 Å². The van der Waals surface area contributed by atoms with E-state index in [-0.39, 0.29) is 11.6 Å². The van der Waals surface area contributed by atoms with Gasteiger partial charge in [0.05, 0.1) is 32.5 Å². The fourth-order valence-corrected chi connectivity index (χ4v) is 4.66. The number of benzene rings is 2. The summed E-state index contributed by atoms with van der Waals surface area (Å²) >= 11 is 0. The number of ether oxygens (including phenoxy) is 1. The molecule has 0 aliphatic heterocycles. The van der Waals surface area contributed by atoms with E-state index in [0.717, 1.165) is 45.8 Å². The third kappa shape index (κ3) is 5.46. The van der Waals surface area contributed by atoms with Crippen LogP contribution in [0.1, 0.15) is 47.7 Å². The van der Waals surface area contributed by atoms with Gasteiger partial charge in [-0.2, -0.15) is 0 Å². The molecule has 0 aliphatic carbocycles. The van der Waals surface area contributed by atoms with Crippen LogP contribution in [0.25, 0.3) is 10.9 Å². The van der Waals surface area contributed by atoms with Gasteiger partial charge in [-0.3, -0.25) is 9.69 Å². The minimum absolute atomic E-state index is 0.103. The Labute approximate surface area is 214 Å². The molecule has 0 radical (unpaired) electrons. The maximum absolute atomic E-state index is 13.1. The van der Waals surface area contributed by atoms with Crippen molar-refractivity contribution in [3.05, 3.63) is 106 Å². The lowest BCUT2D eigenvalue weighted by atomic mass is 10.1. The van der Waals surface area contributed by atoms with E-state index in [4.69, 9.17) is 9.15 Å². The summed E-state index contributed by atoms with van der Waals surface area (Å²) in [6.07, 6.45) is 2.40. The Morgan fingerprint density at radius 2 is 1.95 bits per heavy atom. The van der Waals surface area contributed by atoms with Crippen LogP contribution in [0.4, 0.5) is 0 Å². The van der Waals surface area contributed by atoms with Gasteiger partial charge >= 0.3 is 0 Å². The Morgan fingerprint density at radius 1 is 1.11 bits per heavy atom. The van der Waals surface area contributed by atoms with Gasteiger partial charge in [-0.05, 0) is 77.2 Å². The number of pyridine rings is 1. The number of nitrogens with one attached hydrogen (secondary N) is 1. The van der Waals surface area contributed by atoms with Crippen molar-refractivity contribution in [1.29, 1.82) is 0 Å². The summed E-state index contributed by atoms with van der Waals surface area (Å²) in [7, 11) is 1.65. The highest BCUT2D eigenvalue weighted by molar-refractivity contribution is 5.79. The average molecular weight is 499 g/mol. The van der Waals surface area contributed by atoms with E-state index >= 15 is 0 Å². The van der Waals surface area contributed by atoms with Crippen molar-refractivity contribution >= 4 is 10.9 Å². The van der Waals surface area contributed by atoms with Gasteiger partial charge in [0, 0.05) is 17.6 Å². The smallest absolute Gasteiger partial charge is 0.252 e. The minimum Gasteiger partial charge on any atom is -0.497 e. The number of nitrogens with zero attached hydrogens (tertiary/aromatic N) is 5. The highest BCUT2D eigenvalue weighted by Crippen LogP contribution is 2.27. The first-order valence-corrected chi connectivity index (χ1v) is 12.3. The second kappa shape index (κ2) is 10.8. The lowest BCUT2D eigenvalue weighted by molar-refractivity contribution is 0.149. The van der Waals surface area contributed by atoms with Crippen molar-refractivity contribution in [3.8, 4) is 5.75 Å². The van der Waals surface area contributed by atoms with Crippen LogP contribution in [0, 0.1) is 6.92 Å². The summed E-state index contributed by atoms with van der Waals surface area (Å²) in [5.41, 5.74) is 3.60. The van der Waals surface area contributed by atoms with E-state index in [2.05, 4.69) is 38.4 Å². The number of furan rings is 1. The van der Waals surface area contributed by atoms with Crippen LogP contribution >= 0.6 is 0 Å². The Morgan fingerprint density at radius 3 is 2.68 bits per heavy atom. The molecule has 0 amide bonds. The lowest BCUT2D eigenvalue weighted by Gasteiger charge is -2.29. The molecule has 3 heterocycles. The largest absolute Gasteiger partial charge is 0.497 e. The van der Waals surface area contributed by atoms with Crippen molar-refractivity contribution < 1.29 is 9.15 Å². The van der Waals surface area contributed by atoms with Crippen LogP contribution < -0.4 is 10.3 Å². The van der Waals surface area contributed by atoms with Crippen molar-refractivity contribution in [2.24, 2.45) is 0 Å². The molecule has 5 aromatic rings. The van der Waals surface area contributed by atoms with Gasteiger partial charge in [0.2, 0.25) is 0 Å². The van der Waals surface area contributed by atoms with Crippen LogP contribution in [0.15, 0.2) is 76.1 Å². The molecule has 2 aromatic carbocycles. The zero-order valence-corrected chi connectivity index (χ0v) is 21.2. The summed E-state index contributed by atoms with van der Waals surface area (Å²) in [5.74, 6) is 2.34. The molecule has 37 heavy (non-hydrogen) atoms. The Balaban J connectivity index is 1.48. The molecule has 190 valence electrons. The van der Waals surface area contributed by atoms with Crippen molar-refractivity contribution in [1.82, 2.24) is 30.1 Å². The molecule has 9 nitrogen and oxygen atoms in total. The first-order chi connectivity index (χ1) is 18.0. The Kier molecular flexibility index (Phi) is 7.14. The molecule has 5 rings (SSSR count). The fourth-order valence-electron chi connectivity index (χ4n) is 4.66. The van der Waals surface area contributed by atoms with Gasteiger partial charge in [0.25, 0.3) is 5.56 Å². The summed E-state index contributed by atoms with van der Waals surface area (Å²) in [6, 6.07) is 19.5. The Bertz CT molecular complexity index is 1520. The normalized spacial score (nSPS) is 12.3. The topological polar surface area (TPSA) is 102 Å². The molecular weight excluding hydrogens is 468 g/mol. The number of aryl methyl sites for hydroxylation is 1. The van der Waals surface area contributed by atoms with Gasteiger partial charge in [-0.15, -0.1) is 5.10 Å². The zero-order valence-electron chi connectivity index (χ0n) is 21.2. The van der Waals surface area contributed by atoms with E-state index in [9.17, 15) is 4.79 Å². The number of rotatable bonds is 10. The molecule has 0 aliphatic rings. The zero-order chi connectivity index (χ0) is 25.8. The van der Waals surface area contributed by atoms with Crippen LogP contribution in [-0.2, 0) is 19.6 Å². The number of hydrogen-bond acceptors (Lipinski definition) is 7. The van der Waals surface area contributed by atoms with Crippen molar-refractivity contribution in [3.63, 3.8) is 0 Å². The number of tetrazole rings is 1. The summed E-state index contributed by atoms with van der Waals surface area (Å²) in [6.45, 7) is 5.58. The standard InChI is InChI=1S/C28H30N6O3/c1-4-26(27-30-31-32-34(27)16-20-8-10-23(36-3)11-9-20)33(18-24-6-5-13-37-24)17-22-15-21-14-19(2)7-12-25(21)29-28(22)35/h5-15,26H,4,16-18H2,1-3H3,(H,29,35). The van der Waals surface area contributed by atoms with Crippen LogP contribution in [0.3, 0.4) is 0 Å². The molecule has 0 spiro atoms. The van der Waals surface area contributed by atoms with Crippen molar-refractivity contribution in [2.75, 3.05) is 7.11 Å². The maximum atomic E-state index is 13.1. The molecule has 1 atom stereocenters. The first kappa shape index (κ1) is 24.5. The van der Waals surface area contributed by atoms with Gasteiger partial charge in [0.1, 0.15) is 11.5 Å². The van der Waals surface area contributed by atoms with Crippen LogP contribution in [-0.4, -0.2) is 37.2 Å². The second-order valence-electron chi connectivity index (χ2n) is 9.17. The molecule has 0 bridgehead atoms. The van der Waals surface area contributed by atoms with E-state index in [0.29, 0.717) is 25.2 Å². The summed E-state index contributed by atoms with van der Waals surface area (Å²) < 4.78 is 12.8. The summed E-state index contributed by atoms with van der Waals surface area (Å²) in [5, 5.41) is 13.7.